The molecule has 0 fully saturated rings. The first-order chi connectivity index (χ1) is 7.65. The first-order valence-electron chi connectivity index (χ1n) is 5.79. The molecule has 3 nitrogen and oxygen atoms in total. The zero-order chi connectivity index (χ0) is 12.0. The van der Waals surface area contributed by atoms with Gasteiger partial charge in [0.15, 0.2) is 0 Å². The third-order valence-electron chi connectivity index (χ3n) is 3.35. The molecule has 0 aromatic heterocycles. The highest BCUT2D eigenvalue weighted by Crippen LogP contribution is 2.26. The fourth-order valence-electron chi connectivity index (χ4n) is 1.68. The molecule has 0 spiro atoms. The summed E-state index contributed by atoms with van der Waals surface area (Å²) < 4.78 is 0. The van der Waals surface area contributed by atoms with Crippen LogP contribution in [0.4, 0.5) is 5.69 Å². The number of rotatable bonds is 6. The molecule has 0 heterocycles. The lowest BCUT2D eigenvalue weighted by Gasteiger charge is -2.30. The summed E-state index contributed by atoms with van der Waals surface area (Å²) in [6.07, 6.45) is 1.87. The highest BCUT2D eigenvalue weighted by atomic mass is 16.3. The number of nitrogens with one attached hydrogen (secondary N) is 1. The Morgan fingerprint density at radius 3 is 2.44 bits per heavy atom. The van der Waals surface area contributed by atoms with Gasteiger partial charge in [-0.3, -0.25) is 0 Å². The Morgan fingerprint density at radius 2 is 1.94 bits per heavy atom. The molecule has 0 aliphatic rings. The number of phenols is 1. The quantitative estimate of drug-likeness (QED) is 0.695. The molecule has 90 valence electrons. The number of aromatic hydroxyl groups is 1. The molecule has 0 radical (unpaired) electrons. The van der Waals surface area contributed by atoms with Crippen LogP contribution in [-0.4, -0.2) is 23.4 Å². The van der Waals surface area contributed by atoms with Crippen molar-refractivity contribution in [3.8, 4) is 5.75 Å². The zero-order valence-corrected chi connectivity index (χ0v) is 10.0. The molecule has 1 aromatic carbocycles. The number of anilines is 1. The number of hydrogen-bond donors (Lipinski definition) is 3. The normalized spacial score (nSPS) is 11.4. The minimum Gasteiger partial charge on any atom is -0.508 e. The third kappa shape index (κ3) is 3.14. The number of phenolic OH excluding ortho intramolecular Hbond substituents is 1. The van der Waals surface area contributed by atoms with Crippen molar-refractivity contribution in [2.45, 2.75) is 26.7 Å². The maximum absolute atomic E-state index is 9.42. The van der Waals surface area contributed by atoms with Crippen LogP contribution in [0.15, 0.2) is 24.3 Å². The Bertz CT molecular complexity index is 313. The molecule has 16 heavy (non-hydrogen) atoms. The summed E-state index contributed by atoms with van der Waals surface area (Å²) in [6, 6.07) is 7.04. The summed E-state index contributed by atoms with van der Waals surface area (Å²) in [5.74, 6) is 0.257. The number of aliphatic hydroxyl groups excluding tert-OH is 1. The predicted octanol–water partition coefficient (Wildman–Crippen LogP) is 2.60. The first kappa shape index (κ1) is 12.8. The number of hydrogen-bond acceptors (Lipinski definition) is 3. The molecule has 0 aliphatic carbocycles. The second-order valence-electron chi connectivity index (χ2n) is 4.27. The van der Waals surface area contributed by atoms with Crippen molar-refractivity contribution in [3.05, 3.63) is 24.3 Å². The minimum absolute atomic E-state index is 0.0640. The van der Waals surface area contributed by atoms with E-state index in [0.29, 0.717) is 0 Å². The second kappa shape index (κ2) is 5.75. The zero-order valence-electron chi connectivity index (χ0n) is 10.0. The van der Waals surface area contributed by atoms with E-state index in [1.807, 2.05) is 6.07 Å². The SMILES string of the molecule is CCC(CC)(CO)CNc1cccc(O)c1. The molecule has 3 N–H and O–H groups in total. The highest BCUT2D eigenvalue weighted by Gasteiger charge is 2.24. The molecule has 0 saturated carbocycles. The van der Waals surface area contributed by atoms with Crippen LogP contribution in [0.25, 0.3) is 0 Å². The molecule has 0 amide bonds. The van der Waals surface area contributed by atoms with Gasteiger partial charge in [-0.15, -0.1) is 0 Å². The first-order valence-corrected chi connectivity index (χ1v) is 5.79. The Hall–Kier alpha value is -1.22. The van der Waals surface area contributed by atoms with E-state index in [-0.39, 0.29) is 17.8 Å². The van der Waals surface area contributed by atoms with E-state index in [4.69, 9.17) is 0 Å². The van der Waals surface area contributed by atoms with Gasteiger partial charge in [0.05, 0.1) is 6.61 Å². The molecule has 0 saturated heterocycles. The van der Waals surface area contributed by atoms with Crippen molar-refractivity contribution >= 4 is 5.69 Å². The van der Waals surface area contributed by atoms with E-state index in [9.17, 15) is 10.2 Å². The van der Waals surface area contributed by atoms with Crippen LogP contribution < -0.4 is 5.32 Å². The van der Waals surface area contributed by atoms with Crippen LogP contribution in [0.2, 0.25) is 0 Å². The van der Waals surface area contributed by atoms with E-state index < -0.39 is 0 Å². The molecular formula is C13H21NO2. The van der Waals surface area contributed by atoms with Crippen LogP contribution in [0.3, 0.4) is 0 Å². The van der Waals surface area contributed by atoms with E-state index in [2.05, 4.69) is 19.2 Å². The Labute approximate surface area is 97.1 Å². The van der Waals surface area contributed by atoms with E-state index in [1.165, 1.54) is 0 Å². The lowest BCUT2D eigenvalue weighted by Crippen LogP contribution is -2.32. The van der Waals surface area contributed by atoms with Crippen molar-refractivity contribution in [1.82, 2.24) is 0 Å². The van der Waals surface area contributed by atoms with Gasteiger partial charge in [0.1, 0.15) is 5.75 Å². The van der Waals surface area contributed by atoms with E-state index in [1.54, 1.807) is 18.2 Å². The van der Waals surface area contributed by atoms with Gasteiger partial charge in [-0.05, 0) is 25.0 Å². The van der Waals surface area contributed by atoms with Crippen LogP contribution in [0.1, 0.15) is 26.7 Å². The average molecular weight is 223 g/mol. The predicted molar refractivity (Wildman–Crippen MR) is 66.7 cm³/mol. The third-order valence-corrected chi connectivity index (χ3v) is 3.35. The minimum atomic E-state index is -0.0640. The number of aliphatic hydroxyl groups is 1. The van der Waals surface area contributed by atoms with Gasteiger partial charge < -0.3 is 15.5 Å². The maximum Gasteiger partial charge on any atom is 0.117 e. The van der Waals surface area contributed by atoms with Crippen LogP contribution >= 0.6 is 0 Å². The lowest BCUT2D eigenvalue weighted by molar-refractivity contribution is 0.127. The average Bonchev–Trinajstić information content (AvgIpc) is 2.32. The van der Waals surface area contributed by atoms with Crippen molar-refractivity contribution < 1.29 is 10.2 Å². The highest BCUT2D eigenvalue weighted by molar-refractivity contribution is 5.47. The van der Waals surface area contributed by atoms with Gasteiger partial charge in [0.25, 0.3) is 0 Å². The second-order valence-corrected chi connectivity index (χ2v) is 4.27. The fourth-order valence-corrected chi connectivity index (χ4v) is 1.68. The van der Waals surface area contributed by atoms with Crippen molar-refractivity contribution in [3.63, 3.8) is 0 Å². The van der Waals surface area contributed by atoms with Crippen LogP contribution in [-0.2, 0) is 0 Å². The number of benzene rings is 1. The standard InChI is InChI=1S/C13H21NO2/c1-3-13(4-2,10-15)9-14-11-6-5-7-12(16)8-11/h5-8,14-16H,3-4,9-10H2,1-2H3. The molecule has 1 aromatic rings. The molecule has 0 atom stereocenters. The fraction of sp³-hybridized carbons (Fsp3) is 0.538. The molecule has 0 bridgehead atoms. The van der Waals surface area contributed by atoms with Gasteiger partial charge >= 0.3 is 0 Å². The Morgan fingerprint density at radius 1 is 1.25 bits per heavy atom. The summed E-state index contributed by atoms with van der Waals surface area (Å²) in [4.78, 5) is 0. The van der Waals surface area contributed by atoms with Gasteiger partial charge in [0, 0.05) is 23.7 Å². The van der Waals surface area contributed by atoms with Crippen molar-refractivity contribution in [2.24, 2.45) is 5.41 Å². The summed E-state index contributed by atoms with van der Waals surface area (Å²) in [6.45, 7) is 5.08. The topological polar surface area (TPSA) is 52.5 Å². The smallest absolute Gasteiger partial charge is 0.117 e. The molecule has 3 heteroatoms. The molecular weight excluding hydrogens is 202 g/mol. The summed E-state index contributed by atoms with van der Waals surface area (Å²) in [5.41, 5.74) is 0.825. The summed E-state index contributed by atoms with van der Waals surface area (Å²) in [7, 11) is 0. The molecule has 0 aliphatic heterocycles. The van der Waals surface area contributed by atoms with E-state index in [0.717, 1.165) is 25.1 Å². The molecule has 0 unspecified atom stereocenters. The van der Waals surface area contributed by atoms with Gasteiger partial charge in [-0.2, -0.15) is 0 Å². The lowest BCUT2D eigenvalue weighted by atomic mass is 9.83. The molecule has 1 rings (SSSR count). The Kier molecular flexibility index (Phi) is 4.62. The maximum atomic E-state index is 9.42. The van der Waals surface area contributed by atoms with Crippen LogP contribution in [0, 0.1) is 5.41 Å². The van der Waals surface area contributed by atoms with Gasteiger partial charge in [-0.1, -0.05) is 19.9 Å². The summed E-state index contributed by atoms with van der Waals surface area (Å²) >= 11 is 0. The Balaban J connectivity index is 2.62. The van der Waals surface area contributed by atoms with E-state index >= 15 is 0 Å². The van der Waals surface area contributed by atoms with Crippen molar-refractivity contribution in [1.29, 1.82) is 0 Å². The van der Waals surface area contributed by atoms with Gasteiger partial charge in [-0.25, -0.2) is 0 Å². The largest absolute Gasteiger partial charge is 0.508 e. The monoisotopic (exact) mass is 223 g/mol. The van der Waals surface area contributed by atoms with Crippen LogP contribution in [0.5, 0.6) is 5.75 Å². The van der Waals surface area contributed by atoms with Crippen molar-refractivity contribution in [2.75, 3.05) is 18.5 Å². The van der Waals surface area contributed by atoms with Gasteiger partial charge in [0.2, 0.25) is 0 Å². The summed E-state index contributed by atoms with van der Waals surface area (Å²) in [5, 5.41) is 22.0.